The zero-order valence-electron chi connectivity index (χ0n) is 16.4. The number of nitrogens with zero attached hydrogens (tertiary/aromatic N) is 3. The van der Waals surface area contributed by atoms with Crippen LogP contribution in [0.2, 0.25) is 0 Å². The number of ketones is 1. The number of carbonyl (C=O) groups is 1. The molecule has 0 N–H and O–H groups in total. The Kier molecular flexibility index (Phi) is 4.15. The van der Waals surface area contributed by atoms with E-state index in [4.69, 9.17) is 10.00 Å². The molecular weight excluding hydrogens is 350 g/mol. The first-order valence-electron chi connectivity index (χ1n) is 10.2. The molecule has 6 rings (SSSR count). The fraction of sp³-hybridized carbons (Fsp3) is 0.478. The molecular formula is C23H25N3O2. The van der Waals surface area contributed by atoms with Crippen LogP contribution in [0.25, 0.3) is 5.69 Å². The van der Waals surface area contributed by atoms with Crippen molar-refractivity contribution in [1.82, 2.24) is 9.47 Å². The van der Waals surface area contributed by atoms with E-state index in [-0.39, 0.29) is 5.78 Å². The fourth-order valence-corrected chi connectivity index (χ4v) is 5.57. The van der Waals surface area contributed by atoms with Crippen molar-refractivity contribution in [3.63, 3.8) is 0 Å². The van der Waals surface area contributed by atoms with Crippen molar-refractivity contribution in [2.45, 2.75) is 63.8 Å². The zero-order chi connectivity index (χ0) is 19.4. The molecule has 28 heavy (non-hydrogen) atoms. The highest BCUT2D eigenvalue weighted by Crippen LogP contribution is 2.42. The Bertz CT molecular complexity index is 939. The molecule has 5 heterocycles. The fourth-order valence-electron chi connectivity index (χ4n) is 5.57. The third-order valence-corrected chi connectivity index (χ3v) is 6.78. The highest BCUT2D eigenvalue weighted by atomic mass is 16.5. The van der Waals surface area contributed by atoms with E-state index in [0.29, 0.717) is 36.4 Å². The minimum atomic E-state index is 0.210. The van der Waals surface area contributed by atoms with E-state index >= 15 is 0 Å². The molecule has 144 valence electrons. The summed E-state index contributed by atoms with van der Waals surface area (Å²) < 4.78 is 8.14. The van der Waals surface area contributed by atoms with Crippen LogP contribution >= 0.6 is 0 Å². The van der Waals surface area contributed by atoms with Gasteiger partial charge in [-0.1, -0.05) is 0 Å². The molecule has 0 saturated carbocycles. The highest BCUT2D eigenvalue weighted by Gasteiger charge is 2.48. The van der Waals surface area contributed by atoms with Crippen molar-refractivity contribution in [3.05, 3.63) is 52.8 Å². The number of benzene rings is 1. The molecule has 4 saturated heterocycles. The van der Waals surface area contributed by atoms with Crippen LogP contribution in [0, 0.1) is 25.2 Å². The Labute approximate surface area is 165 Å². The van der Waals surface area contributed by atoms with E-state index in [0.717, 1.165) is 48.3 Å². The van der Waals surface area contributed by atoms with Gasteiger partial charge in [0, 0.05) is 34.7 Å². The molecule has 0 radical (unpaired) electrons. The van der Waals surface area contributed by atoms with Gasteiger partial charge in [-0.2, -0.15) is 5.26 Å². The Morgan fingerprint density at radius 3 is 2.29 bits per heavy atom. The molecule has 5 heteroatoms. The Balaban J connectivity index is 1.39. The molecule has 4 bridgehead atoms. The molecule has 4 aliphatic heterocycles. The van der Waals surface area contributed by atoms with Crippen molar-refractivity contribution in [1.29, 1.82) is 5.26 Å². The van der Waals surface area contributed by atoms with E-state index in [2.05, 4.69) is 15.5 Å². The lowest BCUT2D eigenvalue weighted by Gasteiger charge is -2.56. The smallest absolute Gasteiger partial charge is 0.178 e. The van der Waals surface area contributed by atoms with E-state index in [1.807, 2.05) is 44.2 Å². The van der Waals surface area contributed by atoms with Crippen LogP contribution in [-0.4, -0.2) is 46.1 Å². The number of rotatable bonds is 4. The normalized spacial score (nSPS) is 28.5. The van der Waals surface area contributed by atoms with Crippen molar-refractivity contribution < 1.29 is 9.53 Å². The number of aryl methyl sites for hydroxylation is 1. The molecule has 0 aliphatic carbocycles. The number of hydrogen-bond donors (Lipinski definition) is 0. The van der Waals surface area contributed by atoms with Gasteiger partial charge in [0.2, 0.25) is 0 Å². The Morgan fingerprint density at radius 1 is 1.11 bits per heavy atom. The van der Waals surface area contributed by atoms with Gasteiger partial charge in [-0.15, -0.1) is 0 Å². The molecule has 0 atom stereocenters. The lowest BCUT2D eigenvalue weighted by molar-refractivity contribution is -0.179. The number of hydrogen-bond acceptors (Lipinski definition) is 4. The summed E-state index contributed by atoms with van der Waals surface area (Å²) in [6, 6.07) is 12.7. The molecule has 1 aromatic heterocycles. The van der Waals surface area contributed by atoms with Crippen molar-refractivity contribution >= 4 is 5.78 Å². The maximum atomic E-state index is 13.2. The minimum Gasteiger partial charge on any atom is -0.375 e. The average Bonchev–Trinajstić information content (AvgIpc) is 2.98. The predicted molar refractivity (Wildman–Crippen MR) is 106 cm³/mol. The monoisotopic (exact) mass is 375 g/mol. The molecule has 1 aromatic carbocycles. The van der Waals surface area contributed by atoms with Gasteiger partial charge in [0.15, 0.2) is 5.78 Å². The summed E-state index contributed by atoms with van der Waals surface area (Å²) in [5, 5.41) is 9.01. The van der Waals surface area contributed by atoms with Crippen LogP contribution in [0.4, 0.5) is 0 Å². The summed E-state index contributed by atoms with van der Waals surface area (Å²) in [7, 11) is 0. The number of Topliss-reactive ketones (excluding diaryl/α,β-unsaturated/α-hetero) is 1. The van der Waals surface area contributed by atoms with E-state index in [9.17, 15) is 4.79 Å². The summed E-state index contributed by atoms with van der Waals surface area (Å²) in [6.07, 6.45) is 5.12. The van der Waals surface area contributed by atoms with Crippen LogP contribution in [0.1, 0.15) is 53.0 Å². The highest BCUT2D eigenvalue weighted by molar-refractivity contribution is 5.99. The lowest BCUT2D eigenvalue weighted by atomic mass is 9.78. The summed E-state index contributed by atoms with van der Waals surface area (Å²) in [4.78, 5) is 15.7. The van der Waals surface area contributed by atoms with Gasteiger partial charge < -0.3 is 9.30 Å². The molecule has 0 spiro atoms. The maximum absolute atomic E-state index is 13.2. The summed E-state index contributed by atoms with van der Waals surface area (Å²) in [5.41, 5.74) is 4.45. The predicted octanol–water partition coefficient (Wildman–Crippen LogP) is 3.54. The molecule has 0 amide bonds. The van der Waals surface area contributed by atoms with E-state index in [1.165, 1.54) is 0 Å². The third-order valence-electron chi connectivity index (χ3n) is 6.78. The number of nitriles is 1. The van der Waals surface area contributed by atoms with Crippen molar-refractivity contribution in [2.75, 3.05) is 6.54 Å². The second-order valence-electron chi connectivity index (χ2n) is 8.50. The summed E-state index contributed by atoms with van der Waals surface area (Å²) >= 11 is 0. The van der Waals surface area contributed by atoms with Crippen LogP contribution < -0.4 is 0 Å². The Morgan fingerprint density at radius 2 is 1.71 bits per heavy atom. The SMILES string of the molecule is Cc1cc(C(=O)CN2C3CC4CC2CC(C3)O4)c(C)n1-c1ccc(C#N)cc1. The quantitative estimate of drug-likeness (QED) is 0.767. The maximum Gasteiger partial charge on any atom is 0.178 e. The van der Waals surface area contributed by atoms with Gasteiger partial charge in [0.25, 0.3) is 0 Å². The van der Waals surface area contributed by atoms with Crippen LogP contribution in [0.3, 0.4) is 0 Å². The van der Waals surface area contributed by atoms with E-state index in [1.54, 1.807) is 0 Å². The average molecular weight is 375 g/mol. The van der Waals surface area contributed by atoms with Gasteiger partial charge in [-0.05, 0) is 69.9 Å². The molecule has 5 nitrogen and oxygen atoms in total. The molecule has 0 unspecified atom stereocenters. The van der Waals surface area contributed by atoms with Crippen LogP contribution in [-0.2, 0) is 4.74 Å². The van der Waals surface area contributed by atoms with Gasteiger partial charge in [0.05, 0.1) is 30.4 Å². The first kappa shape index (κ1) is 17.7. The zero-order valence-corrected chi connectivity index (χ0v) is 16.4. The van der Waals surface area contributed by atoms with Gasteiger partial charge in [-0.25, -0.2) is 0 Å². The topological polar surface area (TPSA) is 58.3 Å². The Hall–Kier alpha value is -2.42. The third kappa shape index (κ3) is 2.80. The van der Waals surface area contributed by atoms with Gasteiger partial charge in [-0.3, -0.25) is 9.69 Å². The van der Waals surface area contributed by atoms with Crippen LogP contribution in [0.5, 0.6) is 0 Å². The lowest BCUT2D eigenvalue weighted by Crippen LogP contribution is -2.63. The standard InChI is InChI=1S/C23H25N3O2/c1-14-7-22(15(2)26(14)17-5-3-16(12-24)4-6-17)23(27)13-25-18-8-20-10-19(25)11-21(9-18)28-20/h3-7,18-21H,8-11,13H2,1-2H3. The first-order valence-corrected chi connectivity index (χ1v) is 10.2. The van der Waals surface area contributed by atoms with Crippen molar-refractivity contribution in [2.24, 2.45) is 0 Å². The largest absolute Gasteiger partial charge is 0.375 e. The van der Waals surface area contributed by atoms with E-state index < -0.39 is 0 Å². The summed E-state index contributed by atoms with van der Waals surface area (Å²) in [6.45, 7) is 4.55. The molecule has 4 aliphatic rings. The molecule has 2 aromatic rings. The second-order valence-corrected chi connectivity index (χ2v) is 8.50. The van der Waals surface area contributed by atoms with Crippen molar-refractivity contribution in [3.8, 4) is 11.8 Å². The number of aromatic nitrogens is 1. The van der Waals surface area contributed by atoms with Crippen LogP contribution in [0.15, 0.2) is 30.3 Å². The minimum absolute atomic E-state index is 0.210. The number of carbonyl (C=O) groups excluding carboxylic acids is 1. The van der Waals surface area contributed by atoms with Gasteiger partial charge >= 0.3 is 0 Å². The van der Waals surface area contributed by atoms with Gasteiger partial charge in [0.1, 0.15) is 0 Å². The molecule has 4 fully saturated rings. The number of piperidine rings is 2. The number of ether oxygens (including phenoxy) is 1. The second kappa shape index (κ2) is 6.58. The first-order chi connectivity index (χ1) is 13.5. The summed E-state index contributed by atoms with van der Waals surface area (Å²) in [5.74, 6) is 0.210.